The standard InChI is InChI=1S/C14H22N2O3/c1-4-9-19-13-8-6-5-7-12(13)15-14(18)16(3)11(2)10-17/h5-8,11,17H,4,9-10H2,1-3H3,(H,15,18). The normalized spacial score (nSPS) is 11.8. The molecule has 0 spiro atoms. The van der Waals surface area contributed by atoms with E-state index in [1.165, 1.54) is 4.90 Å². The average molecular weight is 266 g/mol. The summed E-state index contributed by atoms with van der Waals surface area (Å²) in [5, 5.41) is 11.8. The van der Waals surface area contributed by atoms with Crippen molar-refractivity contribution < 1.29 is 14.6 Å². The van der Waals surface area contributed by atoms with Gasteiger partial charge in [0.1, 0.15) is 5.75 Å². The highest BCUT2D eigenvalue weighted by Crippen LogP contribution is 2.24. The lowest BCUT2D eigenvalue weighted by molar-refractivity contribution is 0.166. The topological polar surface area (TPSA) is 61.8 Å². The number of amides is 2. The number of hydrogen-bond donors (Lipinski definition) is 2. The summed E-state index contributed by atoms with van der Waals surface area (Å²) in [6.07, 6.45) is 0.906. The predicted octanol–water partition coefficient (Wildman–Crippen LogP) is 2.32. The van der Waals surface area contributed by atoms with E-state index in [0.717, 1.165) is 6.42 Å². The van der Waals surface area contributed by atoms with E-state index in [-0.39, 0.29) is 18.7 Å². The lowest BCUT2D eigenvalue weighted by atomic mass is 10.3. The lowest BCUT2D eigenvalue weighted by Crippen LogP contribution is -2.40. The molecule has 19 heavy (non-hydrogen) atoms. The highest BCUT2D eigenvalue weighted by atomic mass is 16.5. The van der Waals surface area contributed by atoms with Crippen LogP contribution in [0, 0.1) is 0 Å². The third-order valence-corrected chi connectivity index (χ3v) is 2.84. The molecule has 1 unspecified atom stereocenters. The first-order valence-electron chi connectivity index (χ1n) is 6.46. The Kier molecular flexibility index (Phi) is 6.15. The Morgan fingerprint density at radius 2 is 2.16 bits per heavy atom. The number of ether oxygens (including phenoxy) is 1. The smallest absolute Gasteiger partial charge is 0.322 e. The minimum Gasteiger partial charge on any atom is -0.491 e. The van der Waals surface area contributed by atoms with Crippen molar-refractivity contribution >= 4 is 11.7 Å². The monoisotopic (exact) mass is 266 g/mol. The number of urea groups is 1. The fourth-order valence-electron chi connectivity index (χ4n) is 1.43. The molecule has 5 nitrogen and oxygen atoms in total. The van der Waals surface area contributed by atoms with E-state index in [4.69, 9.17) is 9.84 Å². The van der Waals surface area contributed by atoms with E-state index >= 15 is 0 Å². The zero-order valence-electron chi connectivity index (χ0n) is 11.7. The second-order valence-corrected chi connectivity index (χ2v) is 4.42. The van der Waals surface area contributed by atoms with Gasteiger partial charge in [-0.05, 0) is 25.5 Å². The summed E-state index contributed by atoms with van der Waals surface area (Å²) in [4.78, 5) is 13.4. The third kappa shape index (κ3) is 4.44. The molecule has 0 aliphatic carbocycles. The number of carbonyl (C=O) groups is 1. The zero-order chi connectivity index (χ0) is 14.3. The van der Waals surface area contributed by atoms with Crippen LogP contribution in [0.2, 0.25) is 0 Å². The number of para-hydroxylation sites is 2. The van der Waals surface area contributed by atoms with Gasteiger partial charge in [-0.2, -0.15) is 0 Å². The molecule has 1 atom stereocenters. The number of benzene rings is 1. The van der Waals surface area contributed by atoms with Crippen LogP contribution >= 0.6 is 0 Å². The number of carbonyl (C=O) groups excluding carboxylic acids is 1. The van der Waals surface area contributed by atoms with E-state index < -0.39 is 0 Å². The molecule has 1 aromatic rings. The van der Waals surface area contributed by atoms with Crippen LogP contribution in [-0.4, -0.2) is 42.3 Å². The molecule has 106 valence electrons. The Morgan fingerprint density at radius 3 is 2.79 bits per heavy atom. The molecule has 0 heterocycles. The van der Waals surface area contributed by atoms with Crippen LogP contribution in [0.5, 0.6) is 5.75 Å². The maximum Gasteiger partial charge on any atom is 0.322 e. The summed E-state index contributed by atoms with van der Waals surface area (Å²) in [6, 6.07) is 6.81. The van der Waals surface area contributed by atoms with E-state index in [1.807, 2.05) is 25.1 Å². The fourth-order valence-corrected chi connectivity index (χ4v) is 1.43. The molecule has 0 saturated heterocycles. The summed E-state index contributed by atoms with van der Waals surface area (Å²) >= 11 is 0. The van der Waals surface area contributed by atoms with Crippen LogP contribution in [0.15, 0.2) is 24.3 Å². The van der Waals surface area contributed by atoms with Crippen molar-refractivity contribution in [3.05, 3.63) is 24.3 Å². The summed E-state index contributed by atoms with van der Waals surface area (Å²) in [5.74, 6) is 0.655. The molecule has 0 aromatic heterocycles. The van der Waals surface area contributed by atoms with Crippen LogP contribution in [0.4, 0.5) is 10.5 Å². The number of nitrogens with zero attached hydrogens (tertiary/aromatic N) is 1. The van der Waals surface area contributed by atoms with E-state index in [2.05, 4.69) is 5.32 Å². The molecule has 0 aliphatic heterocycles. The Labute approximate surface area is 114 Å². The van der Waals surface area contributed by atoms with E-state index in [1.54, 1.807) is 20.0 Å². The third-order valence-electron chi connectivity index (χ3n) is 2.84. The van der Waals surface area contributed by atoms with Gasteiger partial charge in [0.15, 0.2) is 0 Å². The number of anilines is 1. The zero-order valence-corrected chi connectivity index (χ0v) is 11.7. The number of likely N-dealkylation sites (N-methyl/N-ethyl adjacent to an activating group) is 1. The van der Waals surface area contributed by atoms with Crippen LogP contribution in [-0.2, 0) is 0 Å². The molecule has 0 radical (unpaired) electrons. The first-order chi connectivity index (χ1) is 9.10. The second-order valence-electron chi connectivity index (χ2n) is 4.42. The number of rotatable bonds is 6. The Morgan fingerprint density at radius 1 is 1.47 bits per heavy atom. The first kappa shape index (κ1) is 15.3. The number of hydrogen-bond acceptors (Lipinski definition) is 3. The van der Waals surface area contributed by atoms with Gasteiger partial charge in [-0.1, -0.05) is 19.1 Å². The number of nitrogens with one attached hydrogen (secondary N) is 1. The highest BCUT2D eigenvalue weighted by Gasteiger charge is 2.16. The highest BCUT2D eigenvalue weighted by molar-refractivity contribution is 5.91. The van der Waals surface area contributed by atoms with Gasteiger partial charge in [0.05, 0.1) is 24.9 Å². The molecule has 2 N–H and O–H groups in total. The SMILES string of the molecule is CCCOc1ccccc1NC(=O)N(C)C(C)CO. The quantitative estimate of drug-likeness (QED) is 0.830. The summed E-state index contributed by atoms with van der Waals surface area (Å²) in [5.41, 5.74) is 0.637. The van der Waals surface area contributed by atoms with Crippen LogP contribution in [0.3, 0.4) is 0 Å². The molecular weight excluding hydrogens is 244 g/mol. The van der Waals surface area contributed by atoms with Crippen molar-refractivity contribution in [1.29, 1.82) is 0 Å². The average Bonchev–Trinajstić information content (AvgIpc) is 2.44. The number of aliphatic hydroxyl groups is 1. The lowest BCUT2D eigenvalue weighted by Gasteiger charge is -2.24. The summed E-state index contributed by atoms with van der Waals surface area (Å²) in [6.45, 7) is 4.34. The van der Waals surface area contributed by atoms with Crippen molar-refractivity contribution in [1.82, 2.24) is 4.90 Å². The summed E-state index contributed by atoms with van der Waals surface area (Å²) < 4.78 is 5.57. The Bertz CT molecular complexity index is 409. The minimum absolute atomic E-state index is 0.0715. The van der Waals surface area contributed by atoms with E-state index in [9.17, 15) is 4.79 Å². The fraction of sp³-hybridized carbons (Fsp3) is 0.500. The molecular formula is C14H22N2O3. The molecule has 0 bridgehead atoms. The Hall–Kier alpha value is -1.75. The number of aliphatic hydroxyl groups excluding tert-OH is 1. The van der Waals surface area contributed by atoms with Crippen molar-refractivity contribution in [3.63, 3.8) is 0 Å². The first-order valence-corrected chi connectivity index (χ1v) is 6.46. The molecule has 0 fully saturated rings. The van der Waals surface area contributed by atoms with Gasteiger partial charge in [-0.25, -0.2) is 4.79 Å². The van der Waals surface area contributed by atoms with Gasteiger partial charge in [0.2, 0.25) is 0 Å². The summed E-state index contributed by atoms with van der Waals surface area (Å²) in [7, 11) is 1.64. The molecule has 1 aromatic carbocycles. The van der Waals surface area contributed by atoms with Gasteiger partial charge in [0, 0.05) is 7.05 Å². The Balaban J connectivity index is 2.73. The molecule has 0 saturated carbocycles. The van der Waals surface area contributed by atoms with Gasteiger partial charge in [-0.15, -0.1) is 0 Å². The van der Waals surface area contributed by atoms with Crippen molar-refractivity contribution in [3.8, 4) is 5.75 Å². The van der Waals surface area contributed by atoms with Crippen LogP contribution in [0.25, 0.3) is 0 Å². The molecule has 1 rings (SSSR count). The minimum atomic E-state index is -0.269. The maximum atomic E-state index is 12.0. The largest absolute Gasteiger partial charge is 0.491 e. The van der Waals surface area contributed by atoms with Gasteiger partial charge in [0.25, 0.3) is 0 Å². The van der Waals surface area contributed by atoms with Crippen molar-refractivity contribution in [2.45, 2.75) is 26.3 Å². The predicted molar refractivity (Wildman–Crippen MR) is 75.6 cm³/mol. The van der Waals surface area contributed by atoms with E-state index in [0.29, 0.717) is 18.0 Å². The molecule has 2 amide bonds. The van der Waals surface area contributed by atoms with Gasteiger partial charge >= 0.3 is 6.03 Å². The second kappa shape index (κ2) is 7.63. The molecule has 0 aliphatic rings. The van der Waals surface area contributed by atoms with Crippen LogP contribution < -0.4 is 10.1 Å². The van der Waals surface area contributed by atoms with Crippen molar-refractivity contribution in [2.24, 2.45) is 0 Å². The van der Waals surface area contributed by atoms with Gasteiger partial charge in [-0.3, -0.25) is 0 Å². The van der Waals surface area contributed by atoms with Gasteiger partial charge < -0.3 is 20.1 Å². The van der Waals surface area contributed by atoms with Crippen LogP contribution in [0.1, 0.15) is 20.3 Å². The maximum absolute atomic E-state index is 12.0. The molecule has 5 heteroatoms. The van der Waals surface area contributed by atoms with Crippen molar-refractivity contribution in [2.75, 3.05) is 25.6 Å².